The molecule has 4 amide bonds. The largest absolute Gasteiger partial charge is 0.469 e. The fourth-order valence-electron chi connectivity index (χ4n) is 9.17. The van der Waals surface area contributed by atoms with Crippen LogP contribution in [0.15, 0.2) is 91.0 Å². The number of alkyl carbamates (subject to hydrolysis) is 1. The Hall–Kier alpha value is -7.25. The molecule has 390 valence electrons. The molecule has 6 rings (SSSR count). The summed E-state index contributed by atoms with van der Waals surface area (Å²) in [5, 5.41) is 31.6. The van der Waals surface area contributed by atoms with E-state index in [-0.39, 0.29) is 73.7 Å². The maximum atomic E-state index is 12.4. The Morgan fingerprint density at radius 1 is 0.548 bits per heavy atom. The molecule has 16 nitrogen and oxygen atoms in total. The quantitative estimate of drug-likeness (QED) is 0.113. The number of nitrogens with one attached hydrogen (secondary N) is 1. The molecule has 3 heterocycles. The fourth-order valence-corrected chi connectivity index (χ4v) is 9.17. The van der Waals surface area contributed by atoms with Crippen LogP contribution in [0, 0.1) is 44.8 Å². The first-order chi connectivity index (χ1) is 34.9. The summed E-state index contributed by atoms with van der Waals surface area (Å²) in [4.78, 5) is 75.7. The van der Waals surface area contributed by atoms with Crippen LogP contribution in [-0.2, 0) is 56.4 Å². The molecule has 16 heteroatoms. The lowest BCUT2D eigenvalue weighted by Gasteiger charge is -2.37. The van der Waals surface area contributed by atoms with E-state index in [4.69, 9.17) is 4.74 Å². The summed E-state index contributed by atoms with van der Waals surface area (Å²) in [6.45, 7) is 9.05. The van der Waals surface area contributed by atoms with Crippen LogP contribution in [0.2, 0.25) is 0 Å². The number of piperidine rings is 3. The van der Waals surface area contributed by atoms with E-state index in [0.717, 1.165) is 24.0 Å². The SMILES string of the molecule is CC(C)(C)OC(=O)NCCC(=O)N1CCC(C#N)(CCc2ccccc2)CC1.COC(=O)CCC(=O)N1CCC(C#N)(Cc2ccccc2)CC1.COC(=O)CCC(=O)N1CCC(C#N)(c2ccccc2)CC1. The Balaban J connectivity index is 0.000000239. The first-order valence-electron chi connectivity index (χ1n) is 25.2. The minimum atomic E-state index is -0.554. The van der Waals surface area contributed by atoms with E-state index in [1.165, 1.54) is 19.8 Å². The van der Waals surface area contributed by atoms with Crippen molar-refractivity contribution >= 4 is 35.8 Å². The zero-order valence-corrected chi connectivity index (χ0v) is 43.4. The van der Waals surface area contributed by atoms with Gasteiger partial charge >= 0.3 is 18.0 Å². The van der Waals surface area contributed by atoms with E-state index in [2.05, 4.69) is 45.1 Å². The standard InChI is InChI=1S/C22H31N3O3.C18H22N2O3.C17H20N2O3/c1-21(2,3)28-20(27)24-14-10-19(26)25-15-12-22(17-23,13-16-25)11-9-18-7-5-4-6-8-18;1-23-17(22)8-7-16(21)20-11-9-18(14-19,10-12-20)13-15-5-3-2-4-6-15;1-22-16(21)8-7-15(20)19-11-9-17(13-18,10-12-19)14-5-3-2-4-6-14/h4-8H,9-16H2,1-3H3,(H,24,27);2-6H,7-13H2,1H3;2-6H,7-12H2,1H3. The Morgan fingerprint density at radius 2 is 0.959 bits per heavy atom. The molecule has 3 fully saturated rings. The molecule has 73 heavy (non-hydrogen) atoms. The van der Waals surface area contributed by atoms with E-state index in [9.17, 15) is 44.6 Å². The van der Waals surface area contributed by atoms with Crippen LogP contribution >= 0.6 is 0 Å². The highest BCUT2D eigenvalue weighted by Crippen LogP contribution is 2.37. The minimum absolute atomic E-state index is 0.00524. The molecule has 3 aliphatic heterocycles. The highest BCUT2D eigenvalue weighted by molar-refractivity contribution is 5.82. The van der Waals surface area contributed by atoms with Gasteiger partial charge in [-0.2, -0.15) is 15.8 Å². The van der Waals surface area contributed by atoms with E-state index < -0.39 is 22.5 Å². The first kappa shape index (κ1) is 58.3. The molecule has 0 unspecified atom stereocenters. The number of methoxy groups -OCH3 is 2. The molecular formula is C57H73N7O9. The zero-order chi connectivity index (χ0) is 53.3. The monoisotopic (exact) mass is 1000 g/mol. The van der Waals surface area contributed by atoms with Crippen LogP contribution in [0.1, 0.15) is 115 Å². The van der Waals surface area contributed by atoms with Crippen LogP contribution in [0.3, 0.4) is 0 Å². The summed E-state index contributed by atoms with van der Waals surface area (Å²) in [5.74, 6) is -0.830. The molecular weight excluding hydrogens is 927 g/mol. The number of hydrogen-bond donors (Lipinski definition) is 1. The first-order valence-corrected chi connectivity index (χ1v) is 25.2. The lowest BCUT2D eigenvalue weighted by atomic mass is 9.74. The Morgan fingerprint density at radius 3 is 1.38 bits per heavy atom. The third kappa shape index (κ3) is 19.0. The number of rotatable bonds is 15. The fraction of sp³-hybridized carbons (Fsp3) is 0.526. The van der Waals surface area contributed by atoms with Gasteiger partial charge in [-0.05, 0) is 95.2 Å². The summed E-state index contributed by atoms with van der Waals surface area (Å²) >= 11 is 0. The summed E-state index contributed by atoms with van der Waals surface area (Å²) in [6.07, 6.45) is 6.66. The number of ether oxygens (including phenoxy) is 3. The molecule has 0 saturated carbocycles. The Bertz CT molecular complexity index is 2380. The molecule has 0 aliphatic carbocycles. The normalized spacial score (nSPS) is 16.4. The van der Waals surface area contributed by atoms with Gasteiger partial charge in [-0.25, -0.2) is 4.79 Å². The van der Waals surface area contributed by atoms with Crippen molar-refractivity contribution in [2.45, 2.75) is 122 Å². The molecule has 0 atom stereocenters. The van der Waals surface area contributed by atoms with Crippen LogP contribution in [0.5, 0.6) is 0 Å². The number of hydrogen-bond acceptors (Lipinski definition) is 12. The molecule has 3 aromatic rings. The average Bonchev–Trinajstić information content (AvgIpc) is 3.41. The van der Waals surface area contributed by atoms with Crippen molar-refractivity contribution in [1.29, 1.82) is 15.8 Å². The highest BCUT2D eigenvalue weighted by atomic mass is 16.6. The number of likely N-dealkylation sites (tertiary alicyclic amines) is 3. The maximum Gasteiger partial charge on any atom is 0.407 e. The Kier molecular flexibility index (Phi) is 22.9. The lowest BCUT2D eigenvalue weighted by molar-refractivity contribution is -0.144. The predicted molar refractivity (Wildman–Crippen MR) is 274 cm³/mol. The number of nitrogens with zero attached hydrogens (tertiary/aromatic N) is 6. The van der Waals surface area contributed by atoms with Gasteiger partial charge in [-0.15, -0.1) is 0 Å². The van der Waals surface area contributed by atoms with Gasteiger partial charge in [-0.1, -0.05) is 91.0 Å². The summed E-state index contributed by atoms with van der Waals surface area (Å²) in [7, 11) is 2.63. The molecule has 0 bridgehead atoms. The zero-order valence-electron chi connectivity index (χ0n) is 43.4. The second-order valence-electron chi connectivity index (χ2n) is 20.0. The molecule has 0 aromatic heterocycles. The smallest absolute Gasteiger partial charge is 0.407 e. The van der Waals surface area contributed by atoms with Gasteiger partial charge in [0.2, 0.25) is 17.7 Å². The van der Waals surface area contributed by atoms with E-state index in [1.54, 1.807) is 35.5 Å². The van der Waals surface area contributed by atoms with Gasteiger partial charge in [0.15, 0.2) is 0 Å². The van der Waals surface area contributed by atoms with Crippen LogP contribution in [0.4, 0.5) is 4.79 Å². The van der Waals surface area contributed by atoms with Crippen molar-refractivity contribution in [2.24, 2.45) is 10.8 Å². The molecule has 1 N–H and O–H groups in total. The lowest BCUT2D eigenvalue weighted by Crippen LogP contribution is -2.44. The number of nitriles is 3. The molecule has 0 spiro atoms. The number of esters is 2. The second kappa shape index (κ2) is 28.7. The predicted octanol–water partition coefficient (Wildman–Crippen LogP) is 8.00. The van der Waals surface area contributed by atoms with Gasteiger partial charge in [0.25, 0.3) is 0 Å². The van der Waals surface area contributed by atoms with Crippen molar-refractivity contribution in [3.8, 4) is 18.2 Å². The molecule has 3 aromatic carbocycles. The molecule has 3 aliphatic rings. The van der Waals surface area contributed by atoms with Crippen molar-refractivity contribution in [2.75, 3.05) is 60.0 Å². The van der Waals surface area contributed by atoms with Gasteiger partial charge in [0.1, 0.15) is 5.60 Å². The topological polar surface area (TPSA) is 223 Å². The summed E-state index contributed by atoms with van der Waals surface area (Å²) in [5.41, 5.74) is 1.58. The van der Waals surface area contributed by atoms with Crippen LogP contribution in [-0.4, -0.2) is 116 Å². The van der Waals surface area contributed by atoms with Gasteiger partial charge in [0, 0.05) is 65.1 Å². The van der Waals surface area contributed by atoms with Crippen LogP contribution < -0.4 is 5.32 Å². The number of aryl methyl sites for hydroxylation is 1. The van der Waals surface area contributed by atoms with E-state index in [0.29, 0.717) is 84.2 Å². The van der Waals surface area contributed by atoms with Gasteiger partial charge in [0.05, 0.1) is 61.5 Å². The van der Waals surface area contributed by atoms with Gasteiger partial charge in [-0.3, -0.25) is 24.0 Å². The van der Waals surface area contributed by atoms with Gasteiger partial charge < -0.3 is 34.2 Å². The third-order valence-electron chi connectivity index (χ3n) is 13.8. The van der Waals surface area contributed by atoms with Crippen molar-refractivity contribution in [1.82, 2.24) is 20.0 Å². The maximum absolute atomic E-state index is 12.4. The number of carbonyl (C=O) groups excluding carboxylic acids is 6. The molecule has 3 saturated heterocycles. The van der Waals surface area contributed by atoms with E-state index >= 15 is 0 Å². The average molecular weight is 1000 g/mol. The summed E-state index contributed by atoms with van der Waals surface area (Å²) < 4.78 is 14.3. The van der Waals surface area contributed by atoms with Crippen molar-refractivity contribution < 1.29 is 43.0 Å². The van der Waals surface area contributed by atoms with Crippen molar-refractivity contribution in [3.63, 3.8) is 0 Å². The van der Waals surface area contributed by atoms with Crippen molar-refractivity contribution in [3.05, 3.63) is 108 Å². The number of carbonyl (C=O) groups is 6. The highest BCUT2D eigenvalue weighted by Gasteiger charge is 2.39. The Labute approximate surface area is 431 Å². The van der Waals surface area contributed by atoms with Crippen LogP contribution in [0.25, 0.3) is 0 Å². The minimum Gasteiger partial charge on any atom is -0.469 e. The second-order valence-corrected chi connectivity index (χ2v) is 20.0. The molecule has 0 radical (unpaired) electrons. The van der Waals surface area contributed by atoms with E-state index in [1.807, 2.05) is 78.9 Å². The number of benzene rings is 3. The number of amides is 4. The summed E-state index contributed by atoms with van der Waals surface area (Å²) in [6, 6.07) is 37.3. The third-order valence-corrected chi connectivity index (χ3v) is 13.8.